The Labute approximate surface area is 313 Å². The van der Waals surface area contributed by atoms with Gasteiger partial charge in [0.2, 0.25) is 29.4 Å². The van der Waals surface area contributed by atoms with Crippen molar-refractivity contribution in [1.82, 2.24) is 31.1 Å². The van der Waals surface area contributed by atoms with E-state index >= 15 is 0 Å². The Morgan fingerprint density at radius 1 is 0.943 bits per heavy atom. The Balaban J connectivity index is 1.75. The first-order valence-corrected chi connectivity index (χ1v) is 18.4. The highest BCUT2D eigenvalue weighted by Gasteiger charge is 2.70. The molecule has 0 spiro atoms. The molecule has 0 aromatic heterocycles. The number of Topliss-reactive ketones (excluding diaryl/α,β-unsaturated/α-hetero) is 1. The second-order valence-corrected chi connectivity index (χ2v) is 17.4. The largest absolute Gasteiger partial charge is 0.449 e. The number of likely N-dealkylation sites (tertiary alicyclic amines) is 1. The summed E-state index contributed by atoms with van der Waals surface area (Å²) in [7, 11) is 3.12. The van der Waals surface area contributed by atoms with E-state index in [2.05, 4.69) is 21.3 Å². The molecule has 0 bridgehead atoms. The van der Waals surface area contributed by atoms with Crippen LogP contribution in [0.4, 0.5) is 4.79 Å². The van der Waals surface area contributed by atoms with Crippen molar-refractivity contribution in [1.29, 1.82) is 0 Å². The van der Waals surface area contributed by atoms with Crippen LogP contribution in [-0.4, -0.2) is 103 Å². The van der Waals surface area contributed by atoms with Crippen LogP contribution in [0.25, 0.3) is 0 Å². The summed E-state index contributed by atoms with van der Waals surface area (Å²) in [5, 5.41) is 10.5. The molecule has 14 nitrogen and oxygen atoms in total. The average Bonchev–Trinajstić information content (AvgIpc) is 3.38. The lowest BCUT2D eigenvalue weighted by atomic mass is 9.85. The number of fused-ring (bicyclic) bond motifs is 1. The maximum absolute atomic E-state index is 14.2. The zero-order valence-electron chi connectivity index (χ0n) is 33.3. The summed E-state index contributed by atoms with van der Waals surface area (Å²) in [5.41, 5.74) is -0.702. The normalized spacial score (nSPS) is 20.5. The summed E-state index contributed by atoms with van der Waals surface area (Å²) in [6.07, 6.45) is 0.634. The summed E-state index contributed by atoms with van der Waals surface area (Å²) in [6.45, 7) is 17.0. The van der Waals surface area contributed by atoms with Gasteiger partial charge in [0.1, 0.15) is 18.1 Å². The second kappa shape index (κ2) is 17.1. The molecule has 6 atom stereocenters. The van der Waals surface area contributed by atoms with Crippen molar-refractivity contribution < 1.29 is 38.3 Å². The number of ketones is 1. The number of nitrogens with zero attached hydrogens (tertiary/aromatic N) is 2. The number of hydrogen-bond acceptors (Lipinski definition) is 8. The molecule has 2 aliphatic rings. The van der Waals surface area contributed by atoms with Crippen molar-refractivity contribution >= 4 is 41.4 Å². The third kappa shape index (κ3) is 11.0. The van der Waals surface area contributed by atoms with E-state index in [-0.39, 0.29) is 41.6 Å². The zero-order valence-corrected chi connectivity index (χ0v) is 33.3. The Bertz CT molecular complexity index is 1530. The topological polar surface area (TPSA) is 183 Å². The number of likely N-dealkylation sites (N-methyl/N-ethyl adjacent to an activating group) is 1. The van der Waals surface area contributed by atoms with E-state index in [1.165, 1.54) is 9.80 Å². The van der Waals surface area contributed by atoms with Gasteiger partial charge in [-0.05, 0) is 40.1 Å². The quantitative estimate of drug-likeness (QED) is 0.198. The summed E-state index contributed by atoms with van der Waals surface area (Å²) in [5.74, 6) is -4.21. The highest BCUT2D eigenvalue weighted by atomic mass is 16.5. The molecule has 14 heteroatoms. The van der Waals surface area contributed by atoms with Crippen molar-refractivity contribution in [2.75, 3.05) is 33.8 Å². The molecule has 1 saturated carbocycles. The molecule has 6 amide bonds. The second-order valence-electron chi connectivity index (χ2n) is 17.4. The van der Waals surface area contributed by atoms with Crippen molar-refractivity contribution in [3.8, 4) is 0 Å². The molecule has 6 unspecified atom stereocenters. The Hall–Kier alpha value is -4.49. The first-order valence-electron chi connectivity index (χ1n) is 18.4. The van der Waals surface area contributed by atoms with Crippen molar-refractivity contribution in [3.63, 3.8) is 0 Å². The van der Waals surface area contributed by atoms with Crippen LogP contribution in [-0.2, 0) is 33.5 Å². The third-order valence-corrected chi connectivity index (χ3v) is 10.0. The number of nitrogens with one attached hydrogen (secondary N) is 4. The van der Waals surface area contributed by atoms with E-state index in [0.29, 0.717) is 24.9 Å². The molecule has 1 saturated heterocycles. The minimum absolute atomic E-state index is 0.0290. The lowest BCUT2D eigenvalue weighted by Gasteiger charge is -2.37. The van der Waals surface area contributed by atoms with Gasteiger partial charge < -0.3 is 35.8 Å². The standard InChI is InChI=1S/C39H60N6O8/c1-12-13-19-25(30(47)33(49)40-20-26(46)42-28(34(50)44(10)11)23-17-15-14-16-18-23)41-32(48)29-27-24(39(27,8)9)21-45(29)35(51)31(38(5,6)7)43-36(52)53-22-37(2,3)4/h14-18,24-25,27-29,31H,12-13,19-22H2,1-11H3,(H,40,49)(H,41,48)(H,42,46)(H,43,52). The van der Waals surface area contributed by atoms with Gasteiger partial charge in [0.05, 0.1) is 19.2 Å². The monoisotopic (exact) mass is 740 g/mol. The summed E-state index contributed by atoms with van der Waals surface area (Å²) in [6, 6.07) is 4.49. The van der Waals surface area contributed by atoms with Crippen LogP contribution in [0.2, 0.25) is 0 Å². The van der Waals surface area contributed by atoms with E-state index in [9.17, 15) is 33.6 Å². The highest BCUT2D eigenvalue weighted by Crippen LogP contribution is 2.65. The fourth-order valence-corrected chi connectivity index (χ4v) is 6.81. The molecule has 1 heterocycles. The molecule has 1 aromatic rings. The van der Waals surface area contributed by atoms with Gasteiger partial charge in [-0.1, -0.05) is 105 Å². The first kappa shape index (κ1) is 42.9. The molecule has 1 aliphatic heterocycles. The van der Waals surface area contributed by atoms with Gasteiger partial charge >= 0.3 is 6.09 Å². The number of unbranched alkanes of at least 4 members (excludes halogenated alkanes) is 1. The van der Waals surface area contributed by atoms with Crippen LogP contribution in [0.15, 0.2) is 30.3 Å². The number of amides is 6. The Morgan fingerprint density at radius 2 is 1.57 bits per heavy atom. The maximum atomic E-state index is 14.2. The van der Waals surface area contributed by atoms with Crippen molar-refractivity contribution in [3.05, 3.63) is 35.9 Å². The molecule has 0 radical (unpaired) electrons. The first-order chi connectivity index (χ1) is 24.5. The van der Waals surface area contributed by atoms with Crippen LogP contribution in [0.5, 0.6) is 0 Å². The highest BCUT2D eigenvalue weighted by molar-refractivity contribution is 6.38. The van der Waals surface area contributed by atoms with Gasteiger partial charge in [-0.25, -0.2) is 4.79 Å². The molecule has 2 fully saturated rings. The van der Waals surface area contributed by atoms with E-state index in [1.807, 2.05) is 62.3 Å². The maximum Gasteiger partial charge on any atom is 0.407 e. The minimum Gasteiger partial charge on any atom is -0.449 e. The molecule has 53 heavy (non-hydrogen) atoms. The number of carbonyl (C=O) groups is 7. The van der Waals surface area contributed by atoms with Crippen LogP contribution in [0.1, 0.15) is 93.2 Å². The number of rotatable bonds is 15. The van der Waals surface area contributed by atoms with Crippen molar-refractivity contribution in [2.45, 2.75) is 106 Å². The fourth-order valence-electron chi connectivity index (χ4n) is 6.81. The summed E-state index contributed by atoms with van der Waals surface area (Å²) in [4.78, 5) is 96.4. The minimum atomic E-state index is -1.21. The molecule has 294 valence electrons. The predicted octanol–water partition coefficient (Wildman–Crippen LogP) is 2.96. The van der Waals surface area contributed by atoms with Gasteiger partial charge in [-0.2, -0.15) is 0 Å². The van der Waals surface area contributed by atoms with E-state index in [0.717, 1.165) is 0 Å². The molecule has 1 aliphatic carbocycles. The third-order valence-electron chi connectivity index (χ3n) is 10.0. The number of alkyl carbamates (subject to hydrolysis) is 1. The zero-order chi connectivity index (χ0) is 40.1. The molecular formula is C39H60N6O8. The van der Waals surface area contributed by atoms with Gasteiger partial charge in [-0.3, -0.25) is 28.8 Å². The number of ether oxygens (including phenoxy) is 1. The van der Waals surface area contributed by atoms with Gasteiger partial charge in [0, 0.05) is 20.6 Å². The Kier molecular flexibility index (Phi) is 13.9. The lowest BCUT2D eigenvalue weighted by Crippen LogP contribution is -2.60. The van der Waals surface area contributed by atoms with E-state index < -0.39 is 71.6 Å². The van der Waals surface area contributed by atoms with Crippen LogP contribution in [0, 0.1) is 28.1 Å². The number of piperidine rings is 1. The average molecular weight is 741 g/mol. The van der Waals surface area contributed by atoms with Crippen LogP contribution < -0.4 is 21.3 Å². The number of benzene rings is 1. The molecule has 3 rings (SSSR count). The summed E-state index contributed by atoms with van der Waals surface area (Å²) >= 11 is 0. The smallest absolute Gasteiger partial charge is 0.407 e. The fraction of sp³-hybridized carbons (Fsp3) is 0.667. The van der Waals surface area contributed by atoms with Crippen molar-refractivity contribution in [2.24, 2.45) is 28.1 Å². The number of carbonyl (C=O) groups excluding carboxylic acids is 7. The molecule has 4 N–H and O–H groups in total. The van der Waals surface area contributed by atoms with Gasteiger partial charge in [-0.15, -0.1) is 0 Å². The van der Waals surface area contributed by atoms with E-state index in [1.54, 1.807) is 44.4 Å². The van der Waals surface area contributed by atoms with Gasteiger partial charge in [0.15, 0.2) is 0 Å². The van der Waals surface area contributed by atoms with Crippen LogP contribution >= 0.6 is 0 Å². The summed E-state index contributed by atoms with van der Waals surface area (Å²) < 4.78 is 5.40. The predicted molar refractivity (Wildman–Crippen MR) is 199 cm³/mol. The molecular weight excluding hydrogens is 680 g/mol. The Morgan fingerprint density at radius 3 is 2.11 bits per heavy atom. The lowest BCUT2D eigenvalue weighted by molar-refractivity contribution is -0.145. The SMILES string of the molecule is CCCCC(NC(=O)C1C2C(CN1C(=O)C(NC(=O)OCC(C)(C)C)C(C)(C)C)C2(C)C)C(=O)C(=O)NCC(=O)NC(C(=O)N(C)C)c1ccccc1. The number of hydrogen-bond donors (Lipinski definition) is 4. The molecule has 1 aromatic carbocycles. The van der Waals surface area contributed by atoms with Crippen LogP contribution in [0.3, 0.4) is 0 Å². The van der Waals surface area contributed by atoms with Gasteiger partial charge in [0.25, 0.3) is 5.91 Å². The van der Waals surface area contributed by atoms with E-state index in [4.69, 9.17) is 4.74 Å².